The minimum absolute atomic E-state index is 0.570. The van der Waals surface area contributed by atoms with E-state index in [0.29, 0.717) is 19.0 Å². The molecule has 0 bridgehead atoms. The monoisotopic (exact) mass is 272 g/mol. The summed E-state index contributed by atoms with van der Waals surface area (Å²) < 4.78 is 5.42. The molecule has 0 amide bonds. The van der Waals surface area contributed by atoms with Gasteiger partial charge in [0.1, 0.15) is 12.1 Å². The van der Waals surface area contributed by atoms with Gasteiger partial charge in [0.25, 0.3) is 0 Å². The summed E-state index contributed by atoms with van der Waals surface area (Å²) in [6.07, 6.45) is 1.52. The fraction of sp³-hybridized carbons (Fsp3) is 0.333. The molecule has 1 heterocycles. The van der Waals surface area contributed by atoms with Crippen molar-refractivity contribution in [3.8, 4) is 5.88 Å². The molecule has 2 N–H and O–H groups in total. The summed E-state index contributed by atoms with van der Waals surface area (Å²) in [7, 11) is 0. The van der Waals surface area contributed by atoms with E-state index >= 15 is 0 Å². The molecule has 0 saturated carbocycles. The van der Waals surface area contributed by atoms with Gasteiger partial charge in [-0.25, -0.2) is 9.97 Å². The number of nitrogens with zero attached hydrogens (tertiary/aromatic N) is 3. The molecule has 0 unspecified atom stereocenters. The van der Waals surface area contributed by atoms with Crippen molar-refractivity contribution >= 4 is 5.82 Å². The third kappa shape index (κ3) is 3.93. The fourth-order valence-corrected chi connectivity index (χ4v) is 1.96. The zero-order valence-electron chi connectivity index (χ0n) is 11.7. The lowest BCUT2D eigenvalue weighted by molar-refractivity contribution is 0.326. The Morgan fingerprint density at radius 1 is 1.20 bits per heavy atom. The summed E-state index contributed by atoms with van der Waals surface area (Å²) in [6, 6.07) is 12.1. The molecular weight excluding hydrogens is 252 g/mol. The molecule has 0 saturated heterocycles. The normalized spacial score (nSPS) is 10.3. The lowest BCUT2D eigenvalue weighted by atomic mass is 10.2. The van der Waals surface area contributed by atoms with Crippen LogP contribution in [0.2, 0.25) is 0 Å². The lowest BCUT2D eigenvalue weighted by Gasteiger charge is -2.23. The predicted octanol–water partition coefficient (Wildman–Crippen LogP) is 1.84. The maximum atomic E-state index is 5.70. The Bertz CT molecular complexity index is 518. The topological polar surface area (TPSA) is 64.3 Å². The molecule has 0 fully saturated rings. The highest BCUT2D eigenvalue weighted by Gasteiger charge is 2.09. The molecule has 0 radical (unpaired) electrons. The van der Waals surface area contributed by atoms with Gasteiger partial charge in [-0.05, 0) is 12.5 Å². The average Bonchev–Trinajstić information content (AvgIpc) is 2.49. The lowest BCUT2D eigenvalue weighted by Crippen LogP contribution is -2.29. The Kier molecular flexibility index (Phi) is 5.32. The molecule has 1 aromatic heterocycles. The molecule has 2 aromatic rings. The Balaban J connectivity index is 2.17. The Morgan fingerprint density at radius 2 is 2.00 bits per heavy atom. The minimum Gasteiger partial charge on any atom is -0.478 e. The summed E-state index contributed by atoms with van der Waals surface area (Å²) in [5, 5.41) is 0. The van der Waals surface area contributed by atoms with E-state index < -0.39 is 0 Å². The molecule has 2 rings (SSSR count). The van der Waals surface area contributed by atoms with E-state index in [2.05, 4.69) is 27.0 Å². The third-order valence-corrected chi connectivity index (χ3v) is 2.86. The second-order valence-electron chi connectivity index (χ2n) is 4.34. The van der Waals surface area contributed by atoms with Crippen LogP contribution < -0.4 is 15.4 Å². The molecule has 0 spiro atoms. The number of nitrogens with two attached hydrogens (primary N) is 1. The van der Waals surface area contributed by atoms with Gasteiger partial charge in [-0.3, -0.25) is 0 Å². The molecule has 0 aliphatic rings. The van der Waals surface area contributed by atoms with Crippen molar-refractivity contribution < 1.29 is 4.74 Å². The molecule has 106 valence electrons. The molecule has 0 atom stereocenters. The van der Waals surface area contributed by atoms with Crippen LogP contribution in [0.15, 0.2) is 42.7 Å². The highest BCUT2D eigenvalue weighted by molar-refractivity contribution is 5.41. The first-order valence-electron chi connectivity index (χ1n) is 6.77. The smallest absolute Gasteiger partial charge is 0.218 e. The van der Waals surface area contributed by atoms with Crippen LogP contribution in [0.4, 0.5) is 5.82 Å². The molecule has 5 heteroatoms. The second-order valence-corrected chi connectivity index (χ2v) is 4.34. The van der Waals surface area contributed by atoms with Crippen LogP contribution in [-0.4, -0.2) is 29.7 Å². The summed E-state index contributed by atoms with van der Waals surface area (Å²) in [5.74, 6) is 1.42. The standard InChI is InChI=1S/C15H20N4O/c1-2-20-15-10-14(17-12-18-15)19(9-8-16)11-13-6-4-3-5-7-13/h3-7,10,12H,2,8-9,11,16H2,1H3. The van der Waals surface area contributed by atoms with Crippen molar-refractivity contribution in [3.05, 3.63) is 48.3 Å². The number of rotatable bonds is 7. The zero-order chi connectivity index (χ0) is 14.2. The number of hydrogen-bond donors (Lipinski definition) is 1. The van der Waals surface area contributed by atoms with E-state index in [0.717, 1.165) is 18.9 Å². The van der Waals surface area contributed by atoms with Gasteiger partial charge in [-0.2, -0.15) is 0 Å². The highest BCUT2D eigenvalue weighted by atomic mass is 16.5. The van der Waals surface area contributed by atoms with Crippen LogP contribution in [0.1, 0.15) is 12.5 Å². The summed E-state index contributed by atoms with van der Waals surface area (Å²) in [6.45, 7) is 4.59. The van der Waals surface area contributed by atoms with Gasteiger partial charge in [0.15, 0.2) is 0 Å². The van der Waals surface area contributed by atoms with Crippen molar-refractivity contribution in [2.75, 3.05) is 24.6 Å². The first-order chi connectivity index (χ1) is 9.83. The number of ether oxygens (including phenoxy) is 1. The summed E-state index contributed by atoms with van der Waals surface area (Å²) in [4.78, 5) is 10.5. The number of aromatic nitrogens is 2. The minimum atomic E-state index is 0.570. The van der Waals surface area contributed by atoms with Crippen molar-refractivity contribution in [2.24, 2.45) is 5.73 Å². The molecule has 5 nitrogen and oxygen atoms in total. The van der Waals surface area contributed by atoms with E-state index in [1.165, 1.54) is 11.9 Å². The van der Waals surface area contributed by atoms with Crippen molar-refractivity contribution in [1.82, 2.24) is 9.97 Å². The highest BCUT2D eigenvalue weighted by Crippen LogP contribution is 2.17. The van der Waals surface area contributed by atoms with Crippen LogP contribution in [0.25, 0.3) is 0 Å². The number of benzene rings is 1. The molecule has 20 heavy (non-hydrogen) atoms. The van der Waals surface area contributed by atoms with Gasteiger partial charge >= 0.3 is 0 Å². The van der Waals surface area contributed by atoms with Crippen LogP contribution in [-0.2, 0) is 6.54 Å². The van der Waals surface area contributed by atoms with Gasteiger partial charge in [0.05, 0.1) is 6.61 Å². The van der Waals surface area contributed by atoms with E-state index in [1.54, 1.807) is 0 Å². The SMILES string of the molecule is CCOc1cc(N(CCN)Cc2ccccc2)ncn1. The van der Waals surface area contributed by atoms with Gasteiger partial charge in [-0.15, -0.1) is 0 Å². The molecule has 1 aromatic carbocycles. The largest absolute Gasteiger partial charge is 0.478 e. The first kappa shape index (κ1) is 14.3. The second kappa shape index (κ2) is 7.45. The Hall–Kier alpha value is -2.14. The van der Waals surface area contributed by atoms with Crippen molar-refractivity contribution in [3.63, 3.8) is 0 Å². The molecule has 0 aliphatic heterocycles. The van der Waals surface area contributed by atoms with Gasteiger partial charge < -0.3 is 15.4 Å². The van der Waals surface area contributed by atoms with E-state index in [1.807, 2.05) is 31.2 Å². The van der Waals surface area contributed by atoms with Crippen LogP contribution in [0.5, 0.6) is 5.88 Å². The molecule has 0 aliphatic carbocycles. The summed E-state index contributed by atoms with van der Waals surface area (Å²) in [5.41, 5.74) is 6.92. The third-order valence-electron chi connectivity index (χ3n) is 2.86. The molecular formula is C15H20N4O. The van der Waals surface area contributed by atoms with E-state index in [-0.39, 0.29) is 0 Å². The maximum Gasteiger partial charge on any atom is 0.218 e. The van der Waals surface area contributed by atoms with Gasteiger partial charge in [-0.1, -0.05) is 30.3 Å². The van der Waals surface area contributed by atoms with Gasteiger partial charge in [0.2, 0.25) is 5.88 Å². The fourth-order valence-electron chi connectivity index (χ4n) is 1.96. The summed E-state index contributed by atoms with van der Waals surface area (Å²) >= 11 is 0. The van der Waals surface area contributed by atoms with Gasteiger partial charge in [0, 0.05) is 25.7 Å². The first-order valence-corrected chi connectivity index (χ1v) is 6.77. The van der Waals surface area contributed by atoms with Crippen LogP contribution in [0.3, 0.4) is 0 Å². The van der Waals surface area contributed by atoms with Crippen molar-refractivity contribution in [2.45, 2.75) is 13.5 Å². The van der Waals surface area contributed by atoms with Crippen molar-refractivity contribution in [1.29, 1.82) is 0 Å². The Labute approximate surface area is 119 Å². The quantitative estimate of drug-likeness (QED) is 0.833. The van der Waals surface area contributed by atoms with Crippen LogP contribution in [0, 0.1) is 0 Å². The average molecular weight is 272 g/mol. The Morgan fingerprint density at radius 3 is 2.70 bits per heavy atom. The zero-order valence-corrected chi connectivity index (χ0v) is 11.7. The maximum absolute atomic E-state index is 5.70. The number of anilines is 1. The van der Waals surface area contributed by atoms with Crippen LogP contribution >= 0.6 is 0 Å². The predicted molar refractivity (Wildman–Crippen MR) is 79.7 cm³/mol. The van der Waals surface area contributed by atoms with E-state index in [9.17, 15) is 0 Å². The van der Waals surface area contributed by atoms with E-state index in [4.69, 9.17) is 10.5 Å². The number of hydrogen-bond acceptors (Lipinski definition) is 5.